The van der Waals surface area contributed by atoms with Gasteiger partial charge in [0.15, 0.2) is 0 Å². The minimum absolute atomic E-state index is 0.116. The molecule has 0 aliphatic carbocycles. The fourth-order valence-electron chi connectivity index (χ4n) is 3.25. The van der Waals surface area contributed by atoms with E-state index in [1.807, 2.05) is 18.2 Å². The van der Waals surface area contributed by atoms with E-state index in [0.717, 1.165) is 23.3 Å². The predicted molar refractivity (Wildman–Crippen MR) is 95.0 cm³/mol. The number of benzene rings is 1. The van der Waals surface area contributed by atoms with Crippen molar-refractivity contribution in [3.05, 3.63) is 59.9 Å². The minimum Gasteiger partial charge on any atom is -0.346 e. The summed E-state index contributed by atoms with van der Waals surface area (Å²) in [7, 11) is 0. The van der Waals surface area contributed by atoms with Crippen LogP contribution in [0.25, 0.3) is 11.0 Å². The number of nitrogens with one attached hydrogen (secondary N) is 2. The minimum atomic E-state index is -0.116. The molecule has 2 N–H and O–H groups in total. The molecule has 1 aliphatic rings. The summed E-state index contributed by atoms with van der Waals surface area (Å²) in [4.78, 5) is 22.2. The van der Waals surface area contributed by atoms with Gasteiger partial charge in [-0.1, -0.05) is 12.1 Å². The molecule has 122 valence electrons. The molecule has 4 rings (SSSR count). The second-order valence-corrected chi connectivity index (χ2v) is 6.23. The highest BCUT2D eigenvalue weighted by Gasteiger charge is 2.13. The quantitative estimate of drug-likeness (QED) is 0.774. The van der Waals surface area contributed by atoms with Gasteiger partial charge in [-0.05, 0) is 55.8 Å². The molecule has 0 saturated carbocycles. The van der Waals surface area contributed by atoms with Gasteiger partial charge in [-0.3, -0.25) is 9.69 Å². The Kier molecular flexibility index (Phi) is 4.01. The number of amides is 1. The highest BCUT2D eigenvalue weighted by molar-refractivity contribution is 6.11. The van der Waals surface area contributed by atoms with Crippen molar-refractivity contribution >= 4 is 22.6 Å². The molecule has 1 aromatic carbocycles. The maximum absolute atomic E-state index is 12.5. The number of carbonyl (C=O) groups is 1. The lowest BCUT2D eigenvalue weighted by Crippen LogP contribution is -2.18. The van der Waals surface area contributed by atoms with E-state index in [1.54, 1.807) is 18.5 Å². The molecule has 1 aliphatic heterocycles. The molecule has 0 unspecified atom stereocenters. The Hall–Kier alpha value is -2.66. The van der Waals surface area contributed by atoms with Crippen LogP contribution in [-0.2, 0) is 6.54 Å². The van der Waals surface area contributed by atoms with Gasteiger partial charge in [0.1, 0.15) is 5.65 Å². The second kappa shape index (κ2) is 6.45. The van der Waals surface area contributed by atoms with E-state index < -0.39 is 0 Å². The summed E-state index contributed by atoms with van der Waals surface area (Å²) < 4.78 is 0. The van der Waals surface area contributed by atoms with Gasteiger partial charge in [0.25, 0.3) is 5.91 Å². The van der Waals surface area contributed by atoms with Gasteiger partial charge < -0.3 is 10.3 Å². The van der Waals surface area contributed by atoms with Gasteiger partial charge in [-0.25, -0.2) is 4.98 Å². The van der Waals surface area contributed by atoms with E-state index in [1.165, 1.54) is 31.5 Å². The number of anilines is 1. The third kappa shape index (κ3) is 3.03. The van der Waals surface area contributed by atoms with E-state index in [9.17, 15) is 4.79 Å². The van der Waals surface area contributed by atoms with Crippen LogP contribution in [-0.4, -0.2) is 33.9 Å². The standard InChI is InChI=1S/C19H20N4O/c24-19(17-8-10-21-18-16(17)7-9-20-18)22-15-5-3-14(4-6-15)13-23-11-1-2-12-23/h3-10H,1-2,11-13H2,(H,20,21)(H,22,24). The summed E-state index contributed by atoms with van der Waals surface area (Å²) in [6.07, 6.45) is 6.04. The van der Waals surface area contributed by atoms with Gasteiger partial charge in [0, 0.05) is 30.0 Å². The Morgan fingerprint density at radius 2 is 1.92 bits per heavy atom. The van der Waals surface area contributed by atoms with Crippen LogP contribution in [0.3, 0.4) is 0 Å². The summed E-state index contributed by atoms with van der Waals surface area (Å²) in [5.74, 6) is -0.116. The van der Waals surface area contributed by atoms with Crippen LogP contribution in [0.2, 0.25) is 0 Å². The molecule has 3 aromatic rings. The van der Waals surface area contributed by atoms with Crippen molar-refractivity contribution in [1.29, 1.82) is 0 Å². The zero-order valence-corrected chi connectivity index (χ0v) is 13.5. The van der Waals surface area contributed by atoms with Gasteiger partial charge >= 0.3 is 0 Å². The number of H-pyrrole nitrogens is 1. The lowest BCUT2D eigenvalue weighted by molar-refractivity contribution is 0.102. The molecular formula is C19H20N4O. The van der Waals surface area contributed by atoms with Crippen LogP contribution >= 0.6 is 0 Å². The molecule has 0 atom stereocenters. The zero-order chi connectivity index (χ0) is 16.4. The fraction of sp³-hybridized carbons (Fsp3) is 0.263. The van der Waals surface area contributed by atoms with Crippen molar-refractivity contribution in [2.75, 3.05) is 18.4 Å². The number of hydrogen-bond donors (Lipinski definition) is 2. The first kappa shape index (κ1) is 14.9. The lowest BCUT2D eigenvalue weighted by Gasteiger charge is -2.14. The van der Waals surface area contributed by atoms with E-state index in [-0.39, 0.29) is 5.91 Å². The van der Waals surface area contributed by atoms with Crippen LogP contribution in [0.1, 0.15) is 28.8 Å². The number of likely N-dealkylation sites (tertiary alicyclic amines) is 1. The van der Waals surface area contributed by atoms with Crippen LogP contribution in [0.15, 0.2) is 48.8 Å². The largest absolute Gasteiger partial charge is 0.346 e. The third-order valence-corrected chi connectivity index (χ3v) is 4.52. The molecule has 3 heterocycles. The number of aromatic amines is 1. The number of aromatic nitrogens is 2. The maximum atomic E-state index is 12.5. The first-order chi connectivity index (χ1) is 11.8. The van der Waals surface area contributed by atoms with Gasteiger partial charge in [-0.15, -0.1) is 0 Å². The average Bonchev–Trinajstić information content (AvgIpc) is 3.27. The molecule has 2 aromatic heterocycles. The van der Waals surface area contributed by atoms with E-state index >= 15 is 0 Å². The number of pyridine rings is 1. The fourth-order valence-corrected chi connectivity index (χ4v) is 3.25. The van der Waals surface area contributed by atoms with Crippen LogP contribution in [0.4, 0.5) is 5.69 Å². The molecule has 5 nitrogen and oxygen atoms in total. The van der Waals surface area contributed by atoms with Gasteiger partial charge in [-0.2, -0.15) is 0 Å². The summed E-state index contributed by atoms with van der Waals surface area (Å²) in [6.45, 7) is 3.36. The molecule has 0 radical (unpaired) electrons. The van der Waals surface area contributed by atoms with Gasteiger partial charge in [0.2, 0.25) is 0 Å². The van der Waals surface area contributed by atoms with Crippen molar-refractivity contribution in [1.82, 2.24) is 14.9 Å². The average molecular weight is 320 g/mol. The van der Waals surface area contributed by atoms with Crippen molar-refractivity contribution in [3.8, 4) is 0 Å². The molecule has 5 heteroatoms. The van der Waals surface area contributed by atoms with Crippen LogP contribution in [0, 0.1) is 0 Å². The van der Waals surface area contributed by atoms with E-state index in [0.29, 0.717) is 5.56 Å². The topological polar surface area (TPSA) is 61.0 Å². The molecule has 1 fully saturated rings. The summed E-state index contributed by atoms with van der Waals surface area (Å²) in [6, 6.07) is 11.7. The van der Waals surface area contributed by atoms with Crippen LogP contribution in [0.5, 0.6) is 0 Å². The number of rotatable bonds is 4. The Morgan fingerprint density at radius 1 is 1.12 bits per heavy atom. The number of nitrogens with zero attached hydrogens (tertiary/aromatic N) is 2. The van der Waals surface area contributed by atoms with E-state index in [2.05, 4.69) is 32.3 Å². The van der Waals surface area contributed by atoms with Crippen molar-refractivity contribution < 1.29 is 4.79 Å². The molecule has 24 heavy (non-hydrogen) atoms. The summed E-state index contributed by atoms with van der Waals surface area (Å²) >= 11 is 0. The molecule has 0 spiro atoms. The Morgan fingerprint density at radius 3 is 2.71 bits per heavy atom. The first-order valence-corrected chi connectivity index (χ1v) is 8.34. The SMILES string of the molecule is O=C(Nc1ccc(CN2CCCC2)cc1)c1ccnc2[nH]ccc12. The molecular weight excluding hydrogens is 300 g/mol. The molecule has 0 bridgehead atoms. The molecule has 1 amide bonds. The Balaban J connectivity index is 1.46. The smallest absolute Gasteiger partial charge is 0.256 e. The van der Waals surface area contributed by atoms with Crippen molar-refractivity contribution in [2.24, 2.45) is 0 Å². The highest BCUT2D eigenvalue weighted by Crippen LogP contribution is 2.18. The van der Waals surface area contributed by atoms with Crippen molar-refractivity contribution in [3.63, 3.8) is 0 Å². The number of fused-ring (bicyclic) bond motifs is 1. The first-order valence-electron chi connectivity index (χ1n) is 8.34. The number of hydrogen-bond acceptors (Lipinski definition) is 3. The second-order valence-electron chi connectivity index (χ2n) is 6.23. The van der Waals surface area contributed by atoms with Gasteiger partial charge in [0.05, 0.1) is 5.56 Å². The Bertz CT molecular complexity index is 847. The number of carbonyl (C=O) groups excluding carboxylic acids is 1. The monoisotopic (exact) mass is 320 g/mol. The Labute approximate surface area is 140 Å². The zero-order valence-electron chi connectivity index (χ0n) is 13.5. The third-order valence-electron chi connectivity index (χ3n) is 4.52. The van der Waals surface area contributed by atoms with Crippen molar-refractivity contribution in [2.45, 2.75) is 19.4 Å². The lowest BCUT2D eigenvalue weighted by atomic mass is 10.1. The summed E-state index contributed by atoms with van der Waals surface area (Å²) in [5.41, 5.74) is 3.45. The predicted octanol–water partition coefficient (Wildman–Crippen LogP) is 3.41. The normalized spacial score (nSPS) is 15.0. The van der Waals surface area contributed by atoms with E-state index in [4.69, 9.17) is 0 Å². The summed E-state index contributed by atoms with van der Waals surface area (Å²) in [5, 5.41) is 3.80. The van der Waals surface area contributed by atoms with Crippen LogP contribution < -0.4 is 5.32 Å². The highest BCUT2D eigenvalue weighted by atomic mass is 16.1. The molecule has 1 saturated heterocycles. The maximum Gasteiger partial charge on any atom is 0.256 e.